The summed E-state index contributed by atoms with van der Waals surface area (Å²) in [6, 6.07) is 15.4. The van der Waals surface area contributed by atoms with Crippen molar-refractivity contribution >= 4 is 34.2 Å². The molecule has 0 atom stereocenters. The number of aromatic nitrogens is 3. The zero-order chi connectivity index (χ0) is 22.3. The molecule has 0 saturated carbocycles. The van der Waals surface area contributed by atoms with Crippen LogP contribution in [0, 0.1) is 11.8 Å². The highest BCUT2D eigenvalue weighted by atomic mass is 16.5. The first-order chi connectivity index (χ1) is 15.6. The van der Waals surface area contributed by atoms with E-state index in [4.69, 9.17) is 4.74 Å². The molecule has 32 heavy (non-hydrogen) atoms. The Morgan fingerprint density at radius 2 is 1.84 bits per heavy atom. The van der Waals surface area contributed by atoms with E-state index in [9.17, 15) is 9.59 Å². The lowest BCUT2D eigenvalue weighted by Crippen LogP contribution is -2.14. The second kappa shape index (κ2) is 9.36. The van der Waals surface area contributed by atoms with Gasteiger partial charge in [0.05, 0.1) is 11.7 Å². The lowest BCUT2D eigenvalue weighted by Gasteiger charge is -2.10. The molecule has 0 bridgehead atoms. The van der Waals surface area contributed by atoms with Gasteiger partial charge in [-0.25, -0.2) is 9.97 Å². The summed E-state index contributed by atoms with van der Waals surface area (Å²) < 4.78 is 5.96. The maximum atomic E-state index is 12.3. The Bertz CT molecular complexity index is 1340. The van der Waals surface area contributed by atoms with Crippen LogP contribution in [-0.4, -0.2) is 26.8 Å². The quantitative estimate of drug-likeness (QED) is 0.470. The van der Waals surface area contributed by atoms with Gasteiger partial charge in [-0.3, -0.25) is 14.6 Å². The Kier molecular flexibility index (Phi) is 6.00. The molecule has 0 aliphatic heterocycles. The van der Waals surface area contributed by atoms with E-state index in [2.05, 4.69) is 37.4 Å². The first-order valence-corrected chi connectivity index (χ1v) is 9.61. The molecule has 3 heterocycles. The van der Waals surface area contributed by atoms with Crippen LogP contribution in [0.5, 0.6) is 11.5 Å². The molecule has 3 aromatic heterocycles. The van der Waals surface area contributed by atoms with Gasteiger partial charge in [-0.15, -0.1) is 0 Å². The number of nitrogens with one attached hydrogen (secondary N) is 2. The second-order valence-corrected chi connectivity index (χ2v) is 6.52. The Balaban J connectivity index is 1.53. The second-order valence-electron chi connectivity index (χ2n) is 6.52. The van der Waals surface area contributed by atoms with E-state index >= 15 is 0 Å². The van der Waals surface area contributed by atoms with Crippen LogP contribution in [0.4, 0.5) is 11.5 Å². The van der Waals surface area contributed by atoms with Crippen LogP contribution in [0.15, 0.2) is 73.2 Å². The first kappa shape index (κ1) is 20.5. The van der Waals surface area contributed by atoms with E-state index in [1.54, 1.807) is 73.9 Å². The molecule has 0 saturated heterocycles. The summed E-state index contributed by atoms with van der Waals surface area (Å²) >= 11 is 0. The van der Waals surface area contributed by atoms with Gasteiger partial charge in [0, 0.05) is 23.5 Å². The van der Waals surface area contributed by atoms with Gasteiger partial charge < -0.3 is 15.4 Å². The van der Waals surface area contributed by atoms with E-state index in [0.29, 0.717) is 33.9 Å². The number of carbonyl (C=O) groups is 2. The van der Waals surface area contributed by atoms with Gasteiger partial charge in [0.25, 0.3) is 11.8 Å². The molecule has 4 rings (SSSR count). The zero-order valence-corrected chi connectivity index (χ0v) is 17.0. The lowest BCUT2D eigenvalue weighted by atomic mass is 10.2. The fourth-order valence-electron chi connectivity index (χ4n) is 2.88. The minimum Gasteiger partial charge on any atom is -0.455 e. The first-order valence-electron chi connectivity index (χ1n) is 9.61. The number of nitrogens with zero attached hydrogens (tertiary/aromatic N) is 3. The van der Waals surface area contributed by atoms with Crippen molar-refractivity contribution in [3.05, 3.63) is 78.9 Å². The molecular formula is C24H17N5O3. The largest absolute Gasteiger partial charge is 0.455 e. The number of carbonyl (C=O) groups excluding carboxylic acids is 2. The van der Waals surface area contributed by atoms with Crippen molar-refractivity contribution in [1.82, 2.24) is 15.0 Å². The standard InChI is InChI=1S/C24H17N5O3/c1-2-5-23(30)28-16-7-9-19-18(14-16)21(11-13-25-19)32-17-8-10-20(27-15-17)24(31)29-22-6-3-4-12-26-22/h3-4,6-15H,1H3,(H,28,30)(H,26,29,31). The van der Waals surface area contributed by atoms with E-state index in [1.807, 2.05) is 0 Å². The molecule has 0 fully saturated rings. The summed E-state index contributed by atoms with van der Waals surface area (Å²) in [5.74, 6) is 5.63. The normalized spacial score (nSPS) is 10.0. The monoisotopic (exact) mass is 423 g/mol. The highest BCUT2D eigenvalue weighted by Gasteiger charge is 2.11. The topological polar surface area (TPSA) is 106 Å². The Morgan fingerprint density at radius 1 is 0.938 bits per heavy atom. The molecule has 8 nitrogen and oxygen atoms in total. The van der Waals surface area contributed by atoms with Crippen LogP contribution in [0.3, 0.4) is 0 Å². The molecule has 1 aromatic carbocycles. The van der Waals surface area contributed by atoms with Crippen molar-refractivity contribution in [2.24, 2.45) is 0 Å². The van der Waals surface area contributed by atoms with Crippen LogP contribution in [0.2, 0.25) is 0 Å². The average molecular weight is 423 g/mol. The van der Waals surface area contributed by atoms with Crippen molar-refractivity contribution in [2.45, 2.75) is 6.92 Å². The molecule has 4 aromatic rings. The molecule has 156 valence electrons. The molecule has 0 aliphatic rings. The van der Waals surface area contributed by atoms with Gasteiger partial charge in [-0.2, -0.15) is 0 Å². The molecule has 0 radical (unpaired) electrons. The molecule has 0 spiro atoms. The molecule has 0 aliphatic carbocycles. The van der Waals surface area contributed by atoms with Gasteiger partial charge in [0.15, 0.2) is 0 Å². The van der Waals surface area contributed by atoms with Crippen molar-refractivity contribution in [1.29, 1.82) is 0 Å². The van der Waals surface area contributed by atoms with Gasteiger partial charge in [-0.1, -0.05) is 12.0 Å². The maximum Gasteiger partial charge on any atom is 0.300 e. The zero-order valence-electron chi connectivity index (χ0n) is 17.0. The predicted octanol–water partition coefficient (Wildman–Crippen LogP) is 4.03. The highest BCUT2D eigenvalue weighted by Crippen LogP contribution is 2.30. The number of hydrogen-bond acceptors (Lipinski definition) is 6. The van der Waals surface area contributed by atoms with Crippen LogP contribution in [0.25, 0.3) is 10.9 Å². The van der Waals surface area contributed by atoms with Crippen LogP contribution in [0.1, 0.15) is 17.4 Å². The summed E-state index contributed by atoms with van der Waals surface area (Å²) in [6.07, 6.45) is 4.68. The third-order valence-corrected chi connectivity index (χ3v) is 4.30. The molecule has 0 unspecified atom stereocenters. The summed E-state index contributed by atoms with van der Waals surface area (Å²) in [4.78, 5) is 36.6. The van der Waals surface area contributed by atoms with Crippen LogP contribution >= 0.6 is 0 Å². The fraction of sp³-hybridized carbons (Fsp3) is 0.0417. The molecule has 8 heteroatoms. The number of anilines is 2. The van der Waals surface area contributed by atoms with Gasteiger partial charge in [0.2, 0.25) is 0 Å². The van der Waals surface area contributed by atoms with Crippen molar-refractivity contribution in [3.8, 4) is 23.3 Å². The number of ether oxygens (including phenoxy) is 1. The van der Waals surface area contributed by atoms with Crippen molar-refractivity contribution < 1.29 is 14.3 Å². The van der Waals surface area contributed by atoms with Gasteiger partial charge >= 0.3 is 0 Å². The highest BCUT2D eigenvalue weighted by molar-refractivity contribution is 6.05. The van der Waals surface area contributed by atoms with Crippen LogP contribution in [-0.2, 0) is 4.79 Å². The average Bonchev–Trinajstić information content (AvgIpc) is 2.81. The van der Waals surface area contributed by atoms with E-state index in [-0.39, 0.29) is 11.6 Å². The molecular weight excluding hydrogens is 406 g/mol. The third kappa shape index (κ3) is 4.86. The maximum absolute atomic E-state index is 12.3. The number of pyridine rings is 3. The van der Waals surface area contributed by atoms with Crippen LogP contribution < -0.4 is 15.4 Å². The summed E-state index contributed by atoms with van der Waals surface area (Å²) in [5.41, 5.74) is 1.49. The predicted molar refractivity (Wildman–Crippen MR) is 120 cm³/mol. The number of amides is 2. The van der Waals surface area contributed by atoms with Crippen molar-refractivity contribution in [3.63, 3.8) is 0 Å². The fourth-order valence-corrected chi connectivity index (χ4v) is 2.88. The minimum atomic E-state index is -0.401. The summed E-state index contributed by atoms with van der Waals surface area (Å²) in [6.45, 7) is 1.59. The molecule has 2 amide bonds. The van der Waals surface area contributed by atoms with E-state index < -0.39 is 5.91 Å². The van der Waals surface area contributed by atoms with Gasteiger partial charge in [0.1, 0.15) is 23.0 Å². The SMILES string of the molecule is CC#CC(=O)Nc1ccc2nccc(Oc3ccc(C(=O)Nc4ccccn4)nc3)c2c1. The lowest BCUT2D eigenvalue weighted by molar-refractivity contribution is -0.111. The Morgan fingerprint density at radius 3 is 2.59 bits per heavy atom. The number of hydrogen-bond donors (Lipinski definition) is 2. The third-order valence-electron chi connectivity index (χ3n) is 4.30. The minimum absolute atomic E-state index is 0.227. The van der Waals surface area contributed by atoms with Crippen molar-refractivity contribution in [2.75, 3.05) is 10.6 Å². The summed E-state index contributed by atoms with van der Waals surface area (Å²) in [5, 5.41) is 6.09. The molecule has 2 N–H and O–H groups in total. The number of benzene rings is 1. The number of rotatable bonds is 5. The number of fused-ring (bicyclic) bond motifs is 1. The van der Waals surface area contributed by atoms with Gasteiger partial charge in [-0.05, 0) is 61.4 Å². The Labute approximate surface area is 183 Å². The van der Waals surface area contributed by atoms with E-state index in [0.717, 1.165) is 0 Å². The Hall–Kier alpha value is -4.77. The van der Waals surface area contributed by atoms with E-state index in [1.165, 1.54) is 6.20 Å². The smallest absolute Gasteiger partial charge is 0.300 e. The summed E-state index contributed by atoms with van der Waals surface area (Å²) in [7, 11) is 0.